The van der Waals surface area contributed by atoms with Crippen molar-refractivity contribution < 1.29 is 29.1 Å². The Morgan fingerprint density at radius 1 is 0.679 bits per heavy atom. The summed E-state index contributed by atoms with van der Waals surface area (Å²) in [6, 6.07) is 18.8. The zero-order chi connectivity index (χ0) is 37.2. The highest BCUT2D eigenvalue weighted by Gasteiger charge is 2.36. The molecule has 3 heterocycles. The molecule has 12 heteroatoms. The van der Waals surface area contributed by atoms with E-state index >= 15 is 0 Å². The van der Waals surface area contributed by atoms with Crippen LogP contribution in [0.15, 0.2) is 72.8 Å². The second-order valence-corrected chi connectivity index (χ2v) is 14.5. The van der Waals surface area contributed by atoms with Crippen molar-refractivity contribution in [3.8, 4) is 5.75 Å². The van der Waals surface area contributed by atoms with Crippen molar-refractivity contribution in [3.63, 3.8) is 0 Å². The second kappa shape index (κ2) is 15.6. The summed E-state index contributed by atoms with van der Waals surface area (Å²) in [7, 11) is 0. The van der Waals surface area contributed by atoms with Crippen molar-refractivity contribution in [1.29, 1.82) is 0 Å². The lowest BCUT2D eigenvalue weighted by Crippen LogP contribution is -2.32. The predicted molar refractivity (Wildman–Crippen MR) is 208 cm³/mol. The van der Waals surface area contributed by atoms with E-state index in [1.807, 2.05) is 54.6 Å². The van der Waals surface area contributed by atoms with E-state index in [0.717, 1.165) is 32.7 Å². The molecule has 7 rings (SSSR count). The zero-order valence-corrected chi connectivity index (χ0v) is 30.7. The number of fused-ring (bicyclic) bond motifs is 6. The fourth-order valence-electron chi connectivity index (χ4n) is 7.96. The van der Waals surface area contributed by atoms with E-state index in [-0.39, 0.29) is 66.4 Å². The Morgan fingerprint density at radius 3 is 1.79 bits per heavy atom. The number of aromatic hydroxyl groups is 1. The average molecular weight is 756 g/mol. The summed E-state index contributed by atoms with van der Waals surface area (Å²) in [5.74, 6) is -0.471. The molecule has 4 aromatic rings. The fraction of sp³-hybridized carbons (Fsp3) is 0.341. The van der Waals surface area contributed by atoms with Gasteiger partial charge in [-0.05, 0) is 47.2 Å². The lowest BCUT2D eigenvalue weighted by molar-refractivity contribution is -0.137. The lowest BCUT2D eigenvalue weighted by atomic mass is 9.95. The largest absolute Gasteiger partial charge is 0.507 e. The number of imide groups is 1. The van der Waals surface area contributed by atoms with Gasteiger partial charge in [-0.25, -0.2) is 0 Å². The number of carbonyl (C=O) groups is 5. The van der Waals surface area contributed by atoms with Gasteiger partial charge in [-0.3, -0.25) is 28.9 Å². The number of carbonyl (C=O) groups excluding carboxylic acids is 5. The number of rotatable bonds is 13. The van der Waals surface area contributed by atoms with Crippen molar-refractivity contribution in [2.75, 3.05) is 46.5 Å². The van der Waals surface area contributed by atoms with Gasteiger partial charge in [-0.15, -0.1) is 23.2 Å². The Labute approximate surface area is 317 Å². The van der Waals surface area contributed by atoms with Crippen molar-refractivity contribution in [1.82, 2.24) is 4.90 Å². The Morgan fingerprint density at radius 2 is 1.21 bits per heavy atom. The van der Waals surface area contributed by atoms with Crippen LogP contribution in [0, 0.1) is 0 Å². The Hall–Kier alpha value is -4.93. The smallest absolute Gasteiger partial charge is 0.253 e. The molecule has 0 aromatic heterocycles. The summed E-state index contributed by atoms with van der Waals surface area (Å²) in [5.41, 5.74) is 3.89. The van der Waals surface area contributed by atoms with E-state index in [0.29, 0.717) is 74.1 Å². The number of phenols is 1. The third-order valence-electron chi connectivity index (χ3n) is 10.5. The quantitative estimate of drug-likeness (QED) is 0.0836. The van der Waals surface area contributed by atoms with Gasteiger partial charge in [0.1, 0.15) is 5.75 Å². The number of hydrogen-bond donors (Lipinski definition) is 2. The normalized spacial score (nSPS) is 17.7. The summed E-state index contributed by atoms with van der Waals surface area (Å²) in [4.78, 5) is 68.7. The van der Waals surface area contributed by atoms with Crippen molar-refractivity contribution >= 4 is 91.3 Å². The molecule has 2 N–H and O–H groups in total. The number of amides is 5. The van der Waals surface area contributed by atoms with Gasteiger partial charge in [0.15, 0.2) is 0 Å². The first-order chi connectivity index (χ1) is 25.7. The van der Waals surface area contributed by atoms with Gasteiger partial charge >= 0.3 is 0 Å². The van der Waals surface area contributed by atoms with Crippen LogP contribution < -0.4 is 15.1 Å². The highest BCUT2D eigenvalue weighted by atomic mass is 35.5. The number of hydrogen-bond acceptors (Lipinski definition) is 6. The van der Waals surface area contributed by atoms with Crippen molar-refractivity contribution in [2.24, 2.45) is 0 Å². The molecule has 0 unspecified atom stereocenters. The van der Waals surface area contributed by atoms with E-state index < -0.39 is 0 Å². The third-order valence-corrected chi connectivity index (χ3v) is 11.3. The summed E-state index contributed by atoms with van der Waals surface area (Å²) in [5, 5.41) is 17.2. The van der Waals surface area contributed by atoms with Gasteiger partial charge in [0.25, 0.3) is 11.8 Å². The first-order valence-electron chi connectivity index (χ1n) is 18.1. The molecule has 274 valence electrons. The van der Waals surface area contributed by atoms with Gasteiger partial charge in [-0.1, -0.05) is 55.0 Å². The van der Waals surface area contributed by atoms with Crippen LogP contribution in [0.4, 0.5) is 17.1 Å². The van der Waals surface area contributed by atoms with Gasteiger partial charge in [-0.2, -0.15) is 0 Å². The van der Waals surface area contributed by atoms with Crippen molar-refractivity contribution in [2.45, 2.75) is 56.8 Å². The van der Waals surface area contributed by atoms with Crippen LogP contribution in [0.3, 0.4) is 0 Å². The van der Waals surface area contributed by atoms with E-state index in [4.69, 9.17) is 23.2 Å². The topological polar surface area (TPSA) is 127 Å². The number of unbranched alkanes of at least 4 members (excludes halogenated alkanes) is 2. The molecule has 4 aromatic carbocycles. The Bertz CT molecular complexity index is 2150. The van der Waals surface area contributed by atoms with Crippen LogP contribution in [-0.2, 0) is 24.0 Å². The number of halogens is 2. The van der Waals surface area contributed by atoms with Crippen LogP contribution in [0.2, 0.25) is 0 Å². The molecule has 0 saturated heterocycles. The number of anilines is 3. The number of benzene rings is 4. The van der Waals surface area contributed by atoms with Gasteiger partial charge in [0, 0.05) is 97.2 Å². The monoisotopic (exact) mass is 754 g/mol. The van der Waals surface area contributed by atoms with Crippen LogP contribution in [0.25, 0.3) is 21.5 Å². The van der Waals surface area contributed by atoms with E-state index in [1.54, 1.807) is 15.9 Å². The molecule has 0 saturated carbocycles. The molecule has 53 heavy (non-hydrogen) atoms. The fourth-order valence-corrected chi connectivity index (χ4v) is 8.46. The first kappa shape index (κ1) is 36.4. The minimum Gasteiger partial charge on any atom is -0.507 e. The maximum atomic E-state index is 13.8. The molecular weight excluding hydrogens is 715 g/mol. The molecule has 10 nitrogen and oxygen atoms in total. The highest BCUT2D eigenvalue weighted by molar-refractivity contribution is 6.20. The maximum Gasteiger partial charge on any atom is 0.253 e. The van der Waals surface area contributed by atoms with Gasteiger partial charge in [0.05, 0.1) is 11.4 Å². The van der Waals surface area contributed by atoms with Crippen molar-refractivity contribution in [3.05, 3.63) is 83.9 Å². The van der Waals surface area contributed by atoms with Crippen LogP contribution >= 0.6 is 23.2 Å². The summed E-state index contributed by atoms with van der Waals surface area (Å²) >= 11 is 12.8. The highest BCUT2D eigenvalue weighted by Crippen LogP contribution is 2.47. The lowest BCUT2D eigenvalue weighted by Gasteiger charge is -2.21. The van der Waals surface area contributed by atoms with Crippen LogP contribution in [0.5, 0.6) is 5.75 Å². The van der Waals surface area contributed by atoms with E-state index in [2.05, 4.69) is 5.32 Å². The maximum absolute atomic E-state index is 13.8. The second-order valence-electron chi connectivity index (χ2n) is 13.9. The molecule has 0 radical (unpaired) electrons. The van der Waals surface area contributed by atoms with Gasteiger partial charge in [0.2, 0.25) is 17.7 Å². The zero-order valence-electron chi connectivity index (χ0n) is 29.2. The van der Waals surface area contributed by atoms with E-state index in [1.165, 1.54) is 17.1 Å². The molecule has 0 spiro atoms. The molecular formula is C41H40Cl2N4O6. The molecule has 0 bridgehead atoms. The first-order valence-corrected chi connectivity index (χ1v) is 19.1. The predicted octanol–water partition coefficient (Wildman–Crippen LogP) is 7.33. The summed E-state index contributed by atoms with van der Waals surface area (Å²) < 4.78 is 0. The number of phenolic OH excluding ortho intramolecular Hbond substituents is 1. The number of nitrogens with one attached hydrogen (secondary N) is 1. The summed E-state index contributed by atoms with van der Waals surface area (Å²) in [6.45, 7) is 1.13. The summed E-state index contributed by atoms with van der Waals surface area (Å²) in [6.07, 6.45) is 5.28. The number of alkyl halides is 2. The SMILES string of the molecule is O=C(CCCCCN1C(=O)C=CC1=O)Nc1cc2c(c3ccccc13)[C@H](CCl)CN2C(=O)CCCC(=O)N1C[C@@H](CCl)c2c1cc(O)c1ccccc21. The number of nitrogens with zero attached hydrogens (tertiary/aromatic N) is 3. The minimum absolute atomic E-state index is 0.0720. The van der Waals surface area contributed by atoms with Crippen LogP contribution in [0.1, 0.15) is 67.9 Å². The standard InChI is InChI=1S/C41H40Cl2N4O6/c42-21-25-23-46(36(50)14-8-15-37(51)47-24-26(22-43)41-30-12-6-4-10-28(30)34(48)20-33(41)47)32-19-31(27-9-3-5-11-29(27)40(25)32)44-35(49)13-2-1-7-18-45-38(52)16-17-39(45)53/h3-6,9-12,16-17,19-20,25-26,48H,1-2,7-8,13-15,18,21-24H2,(H,44,49)/t25-,26-/m1/s1. The third kappa shape index (κ3) is 7.10. The average Bonchev–Trinajstić information content (AvgIpc) is 3.84. The Balaban J connectivity index is 1.01. The minimum atomic E-state index is -0.307. The van der Waals surface area contributed by atoms with E-state index in [9.17, 15) is 29.1 Å². The van der Waals surface area contributed by atoms with Gasteiger partial charge < -0.3 is 20.2 Å². The molecule has 3 aliphatic heterocycles. The van der Waals surface area contributed by atoms with Crippen LogP contribution in [-0.4, -0.2) is 70.9 Å². The molecule has 0 fully saturated rings. The Kier molecular flexibility index (Phi) is 10.7. The molecule has 0 aliphatic carbocycles. The molecule has 5 amide bonds. The molecule has 2 atom stereocenters. The molecule has 3 aliphatic rings.